The highest BCUT2D eigenvalue weighted by atomic mass is 35.5. The minimum Gasteiger partial charge on any atom is -0.489 e. The van der Waals surface area contributed by atoms with E-state index >= 15 is 0 Å². The predicted octanol–water partition coefficient (Wildman–Crippen LogP) is 2.75. The van der Waals surface area contributed by atoms with E-state index in [2.05, 4.69) is 20.8 Å². The number of halogens is 2. The molecule has 0 bridgehead atoms. The first-order valence-corrected chi connectivity index (χ1v) is 10.9. The van der Waals surface area contributed by atoms with E-state index in [-0.39, 0.29) is 19.2 Å². The lowest BCUT2D eigenvalue weighted by Gasteiger charge is -2.11. The molecular weight excluding hydrogens is 427 g/mol. The normalized spacial score (nSPS) is 11.1. The first-order chi connectivity index (χ1) is 13.3. The van der Waals surface area contributed by atoms with Crippen LogP contribution in [0.4, 0.5) is 5.95 Å². The van der Waals surface area contributed by atoms with E-state index in [9.17, 15) is 13.7 Å². The largest absolute Gasteiger partial charge is 0.489 e. The molecule has 0 radical (unpaired) electrons. The number of hydrogen-bond acceptors (Lipinski definition) is 7. The van der Waals surface area contributed by atoms with Crippen molar-refractivity contribution in [1.82, 2.24) is 9.97 Å². The van der Waals surface area contributed by atoms with E-state index in [4.69, 9.17) is 32.7 Å². The Morgan fingerprint density at radius 2 is 2.11 bits per heavy atom. The van der Waals surface area contributed by atoms with Gasteiger partial charge < -0.3 is 9.47 Å². The van der Waals surface area contributed by atoms with Crippen LogP contribution in [0.1, 0.15) is 16.8 Å². The van der Waals surface area contributed by atoms with Gasteiger partial charge in [0.15, 0.2) is 5.75 Å². The Kier molecular flexibility index (Phi) is 8.26. The Labute approximate surface area is 173 Å². The lowest BCUT2D eigenvalue weighted by molar-refractivity contribution is 0.121. The average Bonchev–Trinajstić information content (AvgIpc) is 2.63. The molecule has 0 aliphatic rings. The van der Waals surface area contributed by atoms with Crippen molar-refractivity contribution < 1.29 is 17.9 Å². The zero-order chi connectivity index (χ0) is 20.6. The number of benzene rings is 1. The van der Waals surface area contributed by atoms with E-state index in [1.807, 2.05) is 0 Å². The second-order valence-electron chi connectivity index (χ2n) is 5.65. The summed E-state index contributed by atoms with van der Waals surface area (Å²) in [7, 11) is -3.45. The Morgan fingerprint density at radius 1 is 1.32 bits per heavy atom. The number of rotatable bonds is 10. The van der Waals surface area contributed by atoms with E-state index in [0.717, 1.165) is 11.8 Å². The zero-order valence-corrected chi connectivity index (χ0v) is 17.3. The van der Waals surface area contributed by atoms with Crippen molar-refractivity contribution in [3.05, 3.63) is 46.2 Å². The number of anilines is 1. The van der Waals surface area contributed by atoms with Crippen LogP contribution < -0.4 is 9.46 Å². The summed E-state index contributed by atoms with van der Waals surface area (Å²) in [6, 6.07) is 7.10. The number of aromatic nitrogens is 2. The average molecular weight is 445 g/mol. The van der Waals surface area contributed by atoms with E-state index in [1.165, 1.54) is 6.20 Å². The van der Waals surface area contributed by atoms with Crippen LogP contribution in [-0.4, -0.2) is 43.7 Å². The van der Waals surface area contributed by atoms with Gasteiger partial charge in [0.2, 0.25) is 16.0 Å². The van der Waals surface area contributed by atoms with Gasteiger partial charge in [-0.05, 0) is 30.2 Å². The second kappa shape index (κ2) is 10.4. The van der Waals surface area contributed by atoms with Crippen LogP contribution in [0.3, 0.4) is 0 Å². The van der Waals surface area contributed by atoms with Crippen LogP contribution in [0.15, 0.2) is 24.4 Å². The van der Waals surface area contributed by atoms with Crippen molar-refractivity contribution in [2.45, 2.75) is 13.0 Å². The highest BCUT2D eigenvalue weighted by Gasteiger charge is 2.11. The Hall–Kier alpha value is -2.12. The fraction of sp³-hybridized carbons (Fsp3) is 0.353. The van der Waals surface area contributed by atoms with Crippen LogP contribution in [0.25, 0.3) is 0 Å². The van der Waals surface area contributed by atoms with Crippen molar-refractivity contribution in [2.24, 2.45) is 0 Å². The molecule has 2 aromatic rings. The molecule has 8 nitrogen and oxygen atoms in total. The lowest BCUT2D eigenvalue weighted by atomic mass is 10.1. The van der Waals surface area contributed by atoms with Gasteiger partial charge in [0.05, 0.1) is 41.6 Å². The van der Waals surface area contributed by atoms with Gasteiger partial charge >= 0.3 is 0 Å². The molecule has 2 rings (SSSR count). The van der Waals surface area contributed by atoms with Crippen LogP contribution in [-0.2, 0) is 27.8 Å². The Bertz CT molecular complexity index is 964. The van der Waals surface area contributed by atoms with Crippen LogP contribution in [0.5, 0.6) is 5.75 Å². The maximum Gasteiger partial charge on any atom is 0.236 e. The van der Waals surface area contributed by atoms with Gasteiger partial charge in [-0.25, -0.2) is 18.4 Å². The summed E-state index contributed by atoms with van der Waals surface area (Å²) in [4.78, 5) is 7.90. The third-order valence-corrected chi connectivity index (χ3v) is 4.31. The van der Waals surface area contributed by atoms with Crippen molar-refractivity contribution in [3.63, 3.8) is 0 Å². The second-order valence-corrected chi connectivity index (χ2v) is 8.19. The first-order valence-electron chi connectivity index (χ1n) is 8.11. The first kappa shape index (κ1) is 22.2. The highest BCUT2D eigenvalue weighted by molar-refractivity contribution is 7.91. The molecule has 0 amide bonds. The minimum atomic E-state index is -3.45. The Morgan fingerprint density at radius 3 is 2.79 bits per heavy atom. The molecule has 150 valence electrons. The maximum atomic E-state index is 11.2. The number of alkyl halides is 1. The topological polar surface area (TPSA) is 114 Å². The number of sulfonamides is 1. The number of nitriles is 1. The third kappa shape index (κ3) is 7.13. The Balaban J connectivity index is 1.93. The van der Waals surface area contributed by atoms with E-state index in [0.29, 0.717) is 40.9 Å². The summed E-state index contributed by atoms with van der Waals surface area (Å²) in [5, 5.41) is 9.62. The summed E-state index contributed by atoms with van der Waals surface area (Å²) in [6.07, 6.45) is 2.98. The molecule has 0 saturated carbocycles. The molecule has 1 N–H and O–H groups in total. The molecule has 0 fully saturated rings. The number of nitrogens with one attached hydrogen (secondary N) is 1. The molecule has 0 aliphatic carbocycles. The van der Waals surface area contributed by atoms with Gasteiger partial charge in [0, 0.05) is 6.20 Å². The molecular formula is C17H18Cl2N4O4S. The minimum absolute atomic E-state index is 0.0124. The molecule has 0 saturated heterocycles. The summed E-state index contributed by atoms with van der Waals surface area (Å²) in [6.45, 7) is 0.784. The van der Waals surface area contributed by atoms with Crippen LogP contribution in [0, 0.1) is 11.3 Å². The fourth-order valence-corrected chi connectivity index (χ4v) is 3.03. The van der Waals surface area contributed by atoms with Crippen LogP contribution >= 0.6 is 23.2 Å². The quantitative estimate of drug-likeness (QED) is 0.442. The van der Waals surface area contributed by atoms with Crippen molar-refractivity contribution >= 4 is 39.2 Å². The van der Waals surface area contributed by atoms with Crippen molar-refractivity contribution in [3.8, 4) is 11.8 Å². The molecule has 11 heteroatoms. The molecule has 0 spiro atoms. The van der Waals surface area contributed by atoms with Gasteiger partial charge in [-0.15, -0.1) is 11.6 Å². The van der Waals surface area contributed by atoms with Gasteiger partial charge in [-0.1, -0.05) is 11.6 Å². The molecule has 1 heterocycles. The van der Waals surface area contributed by atoms with Gasteiger partial charge in [-0.3, -0.25) is 4.72 Å². The standard InChI is InChI=1S/C17H18Cl2N4O4S/c1-28(24,25)23-17-21-5-2-14(22-17)11-26-6-3-12-8-13(10-20)16(15(19)9-12)27-7-4-18/h2,5,8-9H,3-4,6-7,11H2,1H3,(H,21,22,23). The third-order valence-electron chi connectivity index (χ3n) is 3.32. The molecule has 1 aromatic carbocycles. The maximum absolute atomic E-state index is 11.2. The van der Waals surface area contributed by atoms with Gasteiger partial charge in [0.1, 0.15) is 12.7 Å². The number of hydrogen-bond donors (Lipinski definition) is 1. The predicted molar refractivity (Wildman–Crippen MR) is 106 cm³/mol. The summed E-state index contributed by atoms with van der Waals surface area (Å²) in [5.41, 5.74) is 1.68. The zero-order valence-electron chi connectivity index (χ0n) is 15.0. The summed E-state index contributed by atoms with van der Waals surface area (Å²) < 4.78 is 35.6. The summed E-state index contributed by atoms with van der Waals surface area (Å²) >= 11 is 11.8. The van der Waals surface area contributed by atoms with Crippen molar-refractivity contribution in [2.75, 3.05) is 30.1 Å². The fourth-order valence-electron chi connectivity index (χ4n) is 2.22. The van der Waals surface area contributed by atoms with Gasteiger partial charge in [0.25, 0.3) is 0 Å². The van der Waals surface area contributed by atoms with E-state index < -0.39 is 10.0 Å². The van der Waals surface area contributed by atoms with E-state index in [1.54, 1.807) is 18.2 Å². The number of ether oxygens (including phenoxy) is 2. The molecule has 0 atom stereocenters. The number of nitrogens with zero attached hydrogens (tertiary/aromatic N) is 3. The van der Waals surface area contributed by atoms with Crippen LogP contribution in [0.2, 0.25) is 5.02 Å². The molecule has 1 aromatic heterocycles. The monoisotopic (exact) mass is 444 g/mol. The molecule has 0 unspecified atom stereocenters. The molecule has 0 aliphatic heterocycles. The lowest BCUT2D eigenvalue weighted by Crippen LogP contribution is -2.13. The highest BCUT2D eigenvalue weighted by Crippen LogP contribution is 2.30. The summed E-state index contributed by atoms with van der Waals surface area (Å²) in [5.74, 6) is 0.601. The smallest absolute Gasteiger partial charge is 0.236 e. The van der Waals surface area contributed by atoms with Gasteiger partial charge in [-0.2, -0.15) is 5.26 Å². The SMILES string of the molecule is CS(=O)(=O)Nc1nccc(COCCc2cc(Cl)c(OCCCl)c(C#N)c2)n1. The van der Waals surface area contributed by atoms with Crippen molar-refractivity contribution in [1.29, 1.82) is 5.26 Å². The molecule has 28 heavy (non-hydrogen) atoms.